The average Bonchev–Trinajstić information content (AvgIpc) is 3.79. The third-order valence-electron chi connectivity index (χ3n) is 10.4. The molecule has 3 aliphatic heterocycles. The number of hydrogen-bond acceptors (Lipinski definition) is 14. The van der Waals surface area contributed by atoms with E-state index in [9.17, 15) is 49.2 Å². The van der Waals surface area contributed by atoms with Crippen molar-refractivity contribution in [3.05, 3.63) is 44.1 Å². The molecule has 2 aromatic heterocycles. The maximum absolute atomic E-state index is 13.7. The van der Waals surface area contributed by atoms with Crippen LogP contribution in [0.4, 0.5) is 5.13 Å². The number of β-lactam (4-membered cyclic amide) rings is 1. The van der Waals surface area contributed by atoms with E-state index in [1.165, 1.54) is 42.1 Å². The Bertz CT molecular complexity index is 2210. The van der Waals surface area contributed by atoms with Gasteiger partial charge in [0.1, 0.15) is 28.7 Å². The zero-order valence-corrected chi connectivity index (χ0v) is 32.7. The van der Waals surface area contributed by atoms with Crippen molar-refractivity contribution in [2.45, 2.75) is 61.9 Å². The van der Waals surface area contributed by atoms with Crippen LogP contribution >= 0.6 is 34.7 Å². The van der Waals surface area contributed by atoms with Crippen molar-refractivity contribution < 1.29 is 53.7 Å². The van der Waals surface area contributed by atoms with Gasteiger partial charge in [-0.15, -0.1) is 23.1 Å². The molecule has 3 amide bonds. The van der Waals surface area contributed by atoms with Gasteiger partial charge in [-0.25, -0.2) is 14.6 Å². The van der Waals surface area contributed by atoms with Gasteiger partial charge in [-0.2, -0.15) is 0 Å². The molecule has 0 aliphatic carbocycles. The Hall–Kier alpha value is -5.12. The number of amides is 3. The molecule has 3 aliphatic rings. The molecule has 19 nitrogen and oxygen atoms in total. The lowest BCUT2D eigenvalue weighted by atomic mass is 9.88. The Kier molecular flexibility index (Phi) is 11.2. The zero-order chi connectivity index (χ0) is 40.9. The fraction of sp³-hybridized carbons (Fsp3) is 0.471. The van der Waals surface area contributed by atoms with E-state index >= 15 is 0 Å². The number of hydrogen-bond donors (Lipinski definition) is 8. The third-order valence-corrected chi connectivity index (χ3v) is 13.0. The summed E-state index contributed by atoms with van der Waals surface area (Å²) < 4.78 is 0.461. The van der Waals surface area contributed by atoms with E-state index in [2.05, 4.69) is 25.8 Å². The average molecular weight is 836 g/mol. The number of rotatable bonds is 13. The van der Waals surface area contributed by atoms with Crippen LogP contribution < -0.4 is 21.8 Å². The molecule has 0 bridgehead atoms. The molecule has 22 heteroatoms. The summed E-state index contributed by atoms with van der Waals surface area (Å²) in [5, 5.41) is 48.9. The number of thiazole rings is 1. The second kappa shape index (κ2) is 15.4. The summed E-state index contributed by atoms with van der Waals surface area (Å²) >= 11 is 8.46. The number of aromatic amines is 1. The van der Waals surface area contributed by atoms with E-state index < -0.39 is 86.3 Å². The highest BCUT2D eigenvalue weighted by molar-refractivity contribution is 8.00. The fourth-order valence-electron chi connectivity index (χ4n) is 7.34. The molecule has 0 radical (unpaired) electrons. The van der Waals surface area contributed by atoms with Crippen LogP contribution in [0.15, 0.2) is 27.6 Å². The number of pyridine rings is 1. The number of anilines is 1. The molecule has 0 spiro atoms. The number of nitrogens with zero attached hydrogens (tertiary/aromatic N) is 4. The van der Waals surface area contributed by atoms with Crippen LogP contribution in [0.1, 0.15) is 49.7 Å². The number of oxime groups is 1. The highest BCUT2D eigenvalue weighted by Crippen LogP contribution is 2.46. The number of nitrogens with two attached hydrogens (primary N) is 1. The van der Waals surface area contributed by atoms with Gasteiger partial charge in [0, 0.05) is 35.7 Å². The third kappa shape index (κ3) is 7.54. The number of phenols is 2. The van der Waals surface area contributed by atoms with Crippen molar-refractivity contribution in [1.29, 1.82) is 0 Å². The number of aliphatic carboxylic acids is 2. The molecule has 56 heavy (non-hydrogen) atoms. The summed E-state index contributed by atoms with van der Waals surface area (Å²) in [5.74, 6) is -6.48. The van der Waals surface area contributed by atoms with Crippen molar-refractivity contribution in [1.82, 2.24) is 25.5 Å². The van der Waals surface area contributed by atoms with Crippen LogP contribution in [-0.4, -0.2) is 136 Å². The summed E-state index contributed by atoms with van der Waals surface area (Å²) in [6.07, 6.45) is 2.92. The van der Waals surface area contributed by atoms with Crippen molar-refractivity contribution in [3.8, 4) is 11.5 Å². The Morgan fingerprint density at radius 2 is 1.89 bits per heavy atom. The normalized spacial score (nSPS) is 23.3. The van der Waals surface area contributed by atoms with Crippen molar-refractivity contribution in [2.24, 2.45) is 11.1 Å². The number of H-pyrrole nitrogens is 1. The minimum absolute atomic E-state index is 0.00586. The number of fused-ring (bicyclic) bond motifs is 2. The Morgan fingerprint density at radius 3 is 2.52 bits per heavy atom. The summed E-state index contributed by atoms with van der Waals surface area (Å²) in [6, 6.07) is -1.22. The number of aromatic nitrogens is 2. The minimum atomic E-state index is -1.81. The highest BCUT2D eigenvalue weighted by Gasteiger charge is 2.61. The van der Waals surface area contributed by atoms with Gasteiger partial charge in [-0.3, -0.25) is 19.2 Å². The standard InChI is InChI=1S/C34H39ClN8O11S2/c1-14-16(12-43(7-4-5-8-43)9-6-37-27(47)15-11-38-17-10-19(44)26(46)21(35)20(17)25(15)45)24(31(50)51)42-29(49)23(30(42)56-14)40-28(48)22(18-13-55-33(36)39-18)41-54-34(2,3)32(52)53/h10-11,13-14,16,23-24,30H,4-9,12H2,1-3H3,(H8-,36,37,38,39,40,41,44,45,46,47,48,50,51,52,53)/p+1/t14-,16?,23+,24?,30+/m0/s1. The quantitative estimate of drug-likeness (QED) is 0.0394. The van der Waals surface area contributed by atoms with E-state index in [0.29, 0.717) is 30.7 Å². The number of carboxylic acids is 2. The maximum atomic E-state index is 13.7. The molecular formula is C34H40ClN8O11S2+. The SMILES string of the molecule is C[C@@H]1S[C@@H]2[C@H](NC(=O)/C(=N\OC(C)(C)C(=O)O)c3csc(N)n3)C(=O)N2C(C(=O)O)C1C[N+]1(CCNC(=O)c2c[nH]c3cc(O)c(O)c(Cl)c3c2=O)CCCC1. The Labute approximate surface area is 331 Å². The van der Waals surface area contributed by atoms with E-state index in [-0.39, 0.29) is 39.1 Å². The second-order valence-electron chi connectivity index (χ2n) is 14.5. The van der Waals surface area contributed by atoms with Crippen LogP contribution in [0, 0.1) is 5.92 Å². The first-order chi connectivity index (χ1) is 26.4. The van der Waals surface area contributed by atoms with E-state index in [1.807, 2.05) is 6.92 Å². The second-order valence-corrected chi connectivity index (χ2v) is 17.2. The van der Waals surface area contributed by atoms with Gasteiger partial charge in [0.15, 0.2) is 22.3 Å². The molecule has 5 heterocycles. The summed E-state index contributed by atoms with van der Waals surface area (Å²) in [5.41, 5.74) is 2.65. The minimum Gasteiger partial charge on any atom is -0.504 e. The number of phenolic OH excluding ortho intramolecular Hbond substituents is 2. The molecule has 2 unspecified atom stereocenters. The summed E-state index contributed by atoms with van der Waals surface area (Å²) in [4.78, 5) is 91.3. The molecule has 300 valence electrons. The molecule has 1 aromatic carbocycles. The largest absolute Gasteiger partial charge is 0.504 e. The molecule has 6 rings (SSSR count). The first kappa shape index (κ1) is 40.5. The van der Waals surface area contributed by atoms with E-state index in [0.717, 1.165) is 30.2 Å². The molecule has 3 aromatic rings. The lowest BCUT2D eigenvalue weighted by Gasteiger charge is -2.56. The van der Waals surface area contributed by atoms with Crippen LogP contribution in [0.3, 0.4) is 0 Å². The lowest BCUT2D eigenvalue weighted by molar-refractivity contribution is -0.918. The van der Waals surface area contributed by atoms with E-state index in [1.54, 1.807) is 0 Å². The number of aromatic hydroxyl groups is 2. The molecule has 5 atom stereocenters. The van der Waals surface area contributed by atoms with Crippen LogP contribution in [0.2, 0.25) is 5.02 Å². The molecular weight excluding hydrogens is 796 g/mol. The van der Waals surface area contributed by atoms with Crippen molar-refractivity contribution in [2.75, 3.05) is 38.5 Å². The molecule has 3 saturated heterocycles. The Balaban J connectivity index is 1.15. The van der Waals surface area contributed by atoms with Gasteiger partial charge in [0.2, 0.25) is 16.9 Å². The monoisotopic (exact) mass is 835 g/mol. The van der Waals surface area contributed by atoms with Gasteiger partial charge in [0.05, 0.1) is 54.6 Å². The summed E-state index contributed by atoms with van der Waals surface area (Å²) in [6.45, 7) is 6.66. The number of carbonyl (C=O) groups excluding carboxylic acids is 3. The van der Waals surface area contributed by atoms with Crippen molar-refractivity contribution >= 4 is 86.1 Å². The summed E-state index contributed by atoms with van der Waals surface area (Å²) in [7, 11) is 0. The number of thioether (sulfide) groups is 1. The number of carboxylic acid groups (broad SMARTS) is 2. The maximum Gasteiger partial charge on any atom is 0.350 e. The highest BCUT2D eigenvalue weighted by atomic mass is 35.5. The van der Waals surface area contributed by atoms with Crippen LogP contribution in [-0.2, 0) is 24.0 Å². The predicted molar refractivity (Wildman–Crippen MR) is 205 cm³/mol. The number of nitrogen functional groups attached to an aromatic ring is 1. The number of nitrogens with one attached hydrogen (secondary N) is 3. The number of halogens is 1. The molecule has 0 saturated carbocycles. The molecule has 9 N–H and O–H groups in total. The van der Waals surface area contributed by atoms with Gasteiger partial charge >= 0.3 is 11.9 Å². The van der Waals surface area contributed by atoms with Crippen LogP contribution in [0.25, 0.3) is 10.9 Å². The van der Waals surface area contributed by atoms with Gasteiger partial charge in [0.25, 0.3) is 11.8 Å². The lowest BCUT2D eigenvalue weighted by Crippen LogP contribution is -2.77. The van der Waals surface area contributed by atoms with Crippen LogP contribution in [0.5, 0.6) is 11.5 Å². The fourth-order valence-corrected chi connectivity index (χ4v) is 9.75. The van der Waals surface area contributed by atoms with Gasteiger partial charge in [-0.05, 0) is 13.8 Å². The molecule has 3 fully saturated rings. The first-order valence-corrected chi connectivity index (χ1v) is 19.7. The first-order valence-electron chi connectivity index (χ1n) is 17.5. The van der Waals surface area contributed by atoms with Crippen molar-refractivity contribution in [3.63, 3.8) is 0 Å². The number of carbonyl (C=O) groups is 5. The zero-order valence-electron chi connectivity index (χ0n) is 30.3. The Morgan fingerprint density at radius 1 is 1.20 bits per heavy atom. The smallest absolute Gasteiger partial charge is 0.350 e. The van der Waals surface area contributed by atoms with E-state index in [4.69, 9.17) is 22.2 Å². The van der Waals surface area contributed by atoms with Gasteiger partial charge in [-0.1, -0.05) is 23.7 Å². The predicted octanol–water partition coefficient (Wildman–Crippen LogP) is 1.11. The van der Waals surface area contributed by atoms with Gasteiger partial charge < -0.3 is 56.0 Å². The topological polar surface area (TPSA) is 287 Å². The number of quaternary nitrogens is 1. The number of benzene rings is 1. The number of likely N-dealkylation sites (tertiary alicyclic amines) is 1.